The zero-order valence-electron chi connectivity index (χ0n) is 37.8. The predicted molar refractivity (Wildman–Crippen MR) is 157 cm³/mol. The van der Waals surface area contributed by atoms with Gasteiger partial charge >= 0.3 is 151 Å². The molecule has 4 aliphatic carbocycles. The van der Waals surface area contributed by atoms with Gasteiger partial charge in [-0.15, -0.1) is 0 Å². The Morgan fingerprint density at radius 2 is 0.371 bits per heavy atom. The van der Waals surface area contributed by atoms with Crippen molar-refractivity contribution in [2.24, 2.45) is 0 Å². The quantitative estimate of drug-likeness (QED) is 0.0394. The molecule has 0 aromatic carbocycles. The largest absolute Gasteiger partial charge is 0.496 e. The number of hydrogen-bond acceptors (Lipinski definition) is 12. The van der Waals surface area contributed by atoms with Gasteiger partial charge in [-0.1, -0.05) is 0 Å². The third-order valence-corrected chi connectivity index (χ3v) is 10.6. The Bertz CT molecular complexity index is 2590. The van der Waals surface area contributed by atoms with Crippen LogP contribution in [-0.2, 0) is 57.0 Å². The summed E-state index contributed by atoms with van der Waals surface area (Å²) in [7, 11) is 0. The summed E-state index contributed by atoms with van der Waals surface area (Å²) in [6, 6.07) is 0. The highest BCUT2D eigenvalue weighted by Gasteiger charge is 3.24. The van der Waals surface area contributed by atoms with E-state index in [1.807, 2.05) is 0 Å². The summed E-state index contributed by atoms with van der Waals surface area (Å²) in [4.78, 5) is 32.6. The van der Waals surface area contributed by atoms with Crippen molar-refractivity contribution in [1.29, 1.82) is 0 Å². The Labute approximate surface area is 445 Å². The highest BCUT2D eigenvalue weighted by atomic mass is 19.4. The van der Waals surface area contributed by atoms with Gasteiger partial charge in [0.1, 0.15) is 0 Å². The Morgan fingerprint density at radius 1 is 0.225 bits per heavy atom. The number of esters is 3. The van der Waals surface area contributed by atoms with Crippen LogP contribution >= 0.6 is 0 Å². The fourth-order valence-electron chi connectivity index (χ4n) is 6.90. The Balaban J connectivity index is 2.74. The number of hydrogen-bond donors (Lipinski definition) is 0. The standard InChI is InChI=1S/C31F46O12/c32-1(4(35)36)7(78)81-20(54,55)23(60,61)87-29(72,73)26(66,67)84-11-14(42,43)10(41)15(44,45)12(17(11,48)49,85-27(68,69)30(74,75)88-24(62,63)21(56,57)82-8(79)2(33)5(37)38)19(52,53)13(16(10,46)47,18(11,50)51)86-28(70,71)31(76,77)89-25(64,65)22(58,59)83-9(80)3(34)6(39)40. The SMILES string of the molecule is O=C(OC(F)(F)C(F)(F)OC(F)(F)C(F)(F)OC12C(F)(F)C3(F)C(F)(F)C(OC(F)(F)C(F)(F)OC(F)(F)C(F)(F)OC(=O)C(F)=C(F)F)(C1(F)F)C(F)(F)C(OC(F)(F)C(F)(F)OC(F)(F)C(F)(F)OC(=O)C(F)=C(F)F)(C3(F)F)C2(F)F)C(F)=C(F)F. The summed E-state index contributed by atoms with van der Waals surface area (Å²) < 4.78 is 686. The van der Waals surface area contributed by atoms with Crippen LogP contribution in [0.5, 0.6) is 0 Å². The monoisotopic (exact) mass is 1440 g/mol. The molecule has 0 unspecified atom stereocenters. The molecule has 0 N–H and O–H groups in total. The molecule has 0 saturated heterocycles. The molecule has 0 atom stereocenters. The molecule has 0 aromatic heterocycles. The Hall–Kier alpha value is -5.83. The van der Waals surface area contributed by atoms with Gasteiger partial charge < -0.3 is 14.2 Å². The van der Waals surface area contributed by atoms with Crippen LogP contribution in [0.3, 0.4) is 0 Å². The molecular formula is C31F46O12. The Morgan fingerprint density at radius 3 is 0.517 bits per heavy atom. The minimum atomic E-state index is -10.8. The molecule has 4 rings (SSSR count). The number of rotatable bonds is 24. The average Bonchev–Trinajstić information content (AvgIpc) is 3.29. The fourth-order valence-corrected chi connectivity index (χ4v) is 6.90. The van der Waals surface area contributed by atoms with Gasteiger partial charge in [0.05, 0.1) is 0 Å². The van der Waals surface area contributed by atoms with Crippen molar-refractivity contribution in [3.63, 3.8) is 0 Å². The van der Waals surface area contributed by atoms with E-state index in [1.165, 1.54) is 0 Å². The van der Waals surface area contributed by atoms with E-state index in [-0.39, 0.29) is 0 Å². The van der Waals surface area contributed by atoms with E-state index in [0.29, 0.717) is 0 Å². The molecule has 0 heterocycles. The van der Waals surface area contributed by atoms with Crippen LogP contribution in [0.4, 0.5) is 202 Å². The van der Waals surface area contributed by atoms with Crippen LogP contribution in [0.15, 0.2) is 35.7 Å². The first kappa shape index (κ1) is 77.4. The molecule has 58 heteroatoms. The van der Waals surface area contributed by atoms with E-state index >= 15 is 83.4 Å². The van der Waals surface area contributed by atoms with Crippen LogP contribution in [0.25, 0.3) is 0 Å². The lowest BCUT2D eigenvalue weighted by molar-refractivity contribution is -0.681. The van der Waals surface area contributed by atoms with Crippen molar-refractivity contribution in [3.8, 4) is 0 Å². The van der Waals surface area contributed by atoms with Gasteiger partial charge in [-0.2, -0.15) is 198 Å². The van der Waals surface area contributed by atoms with E-state index in [1.54, 1.807) is 14.2 Å². The molecular weight excluding hydrogens is 1440 g/mol. The maximum Gasteiger partial charge on any atom is 0.496 e. The van der Waals surface area contributed by atoms with Crippen molar-refractivity contribution >= 4 is 17.9 Å². The number of alkyl halides is 37. The van der Waals surface area contributed by atoms with Crippen LogP contribution in [0.2, 0.25) is 0 Å². The van der Waals surface area contributed by atoms with Crippen LogP contribution in [0, 0.1) is 0 Å². The third kappa shape index (κ3) is 9.88. The van der Waals surface area contributed by atoms with Crippen LogP contribution in [0.1, 0.15) is 0 Å². The second kappa shape index (κ2) is 20.6. The smallest absolute Gasteiger partial charge is 0.389 e. The lowest BCUT2D eigenvalue weighted by Crippen LogP contribution is -3.12. The van der Waals surface area contributed by atoms with Crippen LogP contribution < -0.4 is 0 Å². The van der Waals surface area contributed by atoms with Crippen LogP contribution in [-0.4, -0.2) is 149 Å². The first-order chi connectivity index (χ1) is 38.5. The van der Waals surface area contributed by atoms with Crippen molar-refractivity contribution < 1.29 is 259 Å². The zero-order valence-corrected chi connectivity index (χ0v) is 37.8. The van der Waals surface area contributed by atoms with Crippen molar-refractivity contribution in [1.82, 2.24) is 0 Å². The number of halogens is 46. The molecule has 518 valence electrons. The second-order valence-corrected chi connectivity index (χ2v) is 15.9. The summed E-state index contributed by atoms with van der Waals surface area (Å²) in [5.74, 6) is -90.1. The summed E-state index contributed by atoms with van der Waals surface area (Å²) in [5.41, 5.74) is -42.6. The minimum absolute atomic E-state index is 0.959. The molecule has 4 saturated carbocycles. The zero-order chi connectivity index (χ0) is 71.6. The van der Waals surface area contributed by atoms with Gasteiger partial charge in [0, 0.05) is 0 Å². The van der Waals surface area contributed by atoms with E-state index in [4.69, 9.17) is 0 Å². The molecule has 0 spiro atoms. The van der Waals surface area contributed by atoms with E-state index < -0.39 is 185 Å². The highest BCUT2D eigenvalue weighted by molar-refractivity contribution is 5.87. The fraction of sp³-hybridized carbons (Fsp3) is 0.710. The normalized spacial score (nSPS) is 26.1. The van der Waals surface area contributed by atoms with Gasteiger partial charge in [0.25, 0.3) is 34.3 Å². The number of ether oxygens (including phenoxy) is 9. The summed E-state index contributed by atoms with van der Waals surface area (Å²) in [5, 5.41) is 0. The lowest BCUT2D eigenvalue weighted by atomic mass is 9.38. The lowest BCUT2D eigenvalue weighted by Gasteiger charge is -2.77. The second-order valence-electron chi connectivity index (χ2n) is 15.9. The molecule has 4 fully saturated rings. The summed E-state index contributed by atoms with van der Waals surface area (Å²) in [6.07, 6.45) is -123. The molecule has 89 heavy (non-hydrogen) atoms. The Kier molecular flexibility index (Phi) is 17.9. The molecule has 0 aromatic rings. The molecule has 0 aliphatic heterocycles. The molecule has 12 nitrogen and oxygen atoms in total. The molecule has 0 amide bonds. The van der Waals surface area contributed by atoms with Gasteiger partial charge in [-0.3, -0.25) is 14.2 Å². The van der Waals surface area contributed by atoms with E-state index in [0.717, 1.165) is 28.4 Å². The van der Waals surface area contributed by atoms with Gasteiger partial charge in [-0.25, -0.2) is 33.0 Å². The minimum Gasteiger partial charge on any atom is -0.389 e. The van der Waals surface area contributed by atoms with Gasteiger partial charge in [-0.05, 0) is 0 Å². The maximum absolute atomic E-state index is 16.7. The molecule has 4 aliphatic rings. The summed E-state index contributed by atoms with van der Waals surface area (Å²) >= 11 is 0. The first-order valence-corrected chi connectivity index (χ1v) is 19.0. The average molecular weight is 1440 g/mol. The highest BCUT2D eigenvalue weighted by Crippen LogP contribution is 2.90. The van der Waals surface area contributed by atoms with Crippen molar-refractivity contribution in [2.45, 2.75) is 131 Å². The number of carbonyl (C=O) groups is 3. The number of carbonyl (C=O) groups excluding carboxylic acids is 3. The van der Waals surface area contributed by atoms with E-state index in [9.17, 15) is 133 Å². The van der Waals surface area contributed by atoms with Crippen molar-refractivity contribution in [2.75, 3.05) is 0 Å². The predicted octanol–water partition coefficient (Wildman–Crippen LogP) is 13.8. The maximum atomic E-state index is 16.7. The summed E-state index contributed by atoms with van der Waals surface area (Å²) in [6.45, 7) is 0. The first-order valence-electron chi connectivity index (χ1n) is 19.0. The van der Waals surface area contributed by atoms with Crippen molar-refractivity contribution in [3.05, 3.63) is 35.7 Å². The van der Waals surface area contributed by atoms with Gasteiger partial charge in [0.15, 0.2) is 0 Å². The van der Waals surface area contributed by atoms with Gasteiger partial charge in [0.2, 0.25) is 0 Å². The third-order valence-electron chi connectivity index (χ3n) is 10.6. The topological polar surface area (TPSA) is 134 Å². The molecule has 4 bridgehead atoms. The van der Waals surface area contributed by atoms with E-state index in [2.05, 4.69) is 0 Å². The molecule has 0 radical (unpaired) electrons.